The van der Waals surface area contributed by atoms with Crippen LogP contribution in [0.5, 0.6) is 5.75 Å². The molecule has 0 radical (unpaired) electrons. The van der Waals surface area contributed by atoms with Crippen LogP contribution in [0.2, 0.25) is 0 Å². The first-order valence-electron chi connectivity index (χ1n) is 7.54. The number of likely N-dealkylation sites (N-methyl/N-ethyl adjacent to an activating group) is 1. The van der Waals surface area contributed by atoms with Crippen LogP contribution in [0.3, 0.4) is 0 Å². The van der Waals surface area contributed by atoms with E-state index < -0.39 is 10.0 Å². The van der Waals surface area contributed by atoms with Crippen LogP contribution in [0.4, 0.5) is 5.69 Å². The van der Waals surface area contributed by atoms with Crippen LogP contribution in [-0.4, -0.2) is 63.0 Å². The first kappa shape index (κ1) is 15.6. The summed E-state index contributed by atoms with van der Waals surface area (Å²) >= 11 is 0. The van der Waals surface area contributed by atoms with E-state index in [2.05, 4.69) is 10.2 Å². The number of nitrogens with zero attached hydrogens (tertiary/aromatic N) is 2. The highest BCUT2D eigenvalue weighted by atomic mass is 32.2. The smallest absolute Gasteiger partial charge is 0.243 e. The lowest BCUT2D eigenvalue weighted by Gasteiger charge is -2.34. The van der Waals surface area contributed by atoms with Gasteiger partial charge in [0.25, 0.3) is 0 Å². The summed E-state index contributed by atoms with van der Waals surface area (Å²) < 4.78 is 32.9. The first-order chi connectivity index (χ1) is 10.3. The molecule has 7 heteroatoms. The minimum absolute atomic E-state index is 0.287. The molecule has 1 N–H and O–H groups in total. The number of anilines is 1. The quantitative estimate of drug-likeness (QED) is 0.885. The number of sulfonamides is 1. The van der Waals surface area contributed by atoms with E-state index in [-0.39, 0.29) is 5.60 Å². The van der Waals surface area contributed by atoms with Gasteiger partial charge >= 0.3 is 0 Å². The molecule has 2 aliphatic heterocycles. The van der Waals surface area contributed by atoms with Gasteiger partial charge in [-0.15, -0.1) is 0 Å². The summed E-state index contributed by atoms with van der Waals surface area (Å²) in [4.78, 5) is 2.46. The van der Waals surface area contributed by atoms with Crippen molar-refractivity contribution in [1.29, 1.82) is 0 Å². The Morgan fingerprint density at radius 2 is 1.86 bits per heavy atom. The van der Waals surface area contributed by atoms with Crippen LogP contribution in [0.1, 0.15) is 13.8 Å². The number of hydrogen-bond donors (Lipinski definition) is 1. The van der Waals surface area contributed by atoms with E-state index in [1.54, 1.807) is 22.5 Å². The maximum Gasteiger partial charge on any atom is 0.243 e. The van der Waals surface area contributed by atoms with Crippen molar-refractivity contribution in [3.8, 4) is 5.75 Å². The third kappa shape index (κ3) is 2.93. The van der Waals surface area contributed by atoms with E-state index in [1.807, 2.05) is 20.9 Å². The van der Waals surface area contributed by atoms with Crippen molar-refractivity contribution in [1.82, 2.24) is 9.21 Å². The van der Waals surface area contributed by atoms with Crippen molar-refractivity contribution in [2.75, 3.05) is 45.1 Å². The molecule has 0 spiro atoms. The van der Waals surface area contributed by atoms with Gasteiger partial charge in [0.1, 0.15) is 11.4 Å². The second kappa shape index (κ2) is 5.40. The molecule has 2 aliphatic rings. The van der Waals surface area contributed by atoms with Gasteiger partial charge in [0, 0.05) is 26.2 Å². The van der Waals surface area contributed by atoms with E-state index in [1.165, 1.54) is 0 Å². The Morgan fingerprint density at radius 3 is 2.55 bits per heavy atom. The lowest BCUT2D eigenvalue weighted by Crippen LogP contribution is -2.47. The molecule has 122 valence electrons. The average Bonchev–Trinajstić information content (AvgIpc) is 2.46. The van der Waals surface area contributed by atoms with Crippen molar-refractivity contribution in [2.24, 2.45) is 0 Å². The molecule has 1 aromatic rings. The number of benzene rings is 1. The molecule has 2 heterocycles. The van der Waals surface area contributed by atoms with Gasteiger partial charge in [0.2, 0.25) is 10.0 Å². The van der Waals surface area contributed by atoms with Crippen molar-refractivity contribution in [2.45, 2.75) is 24.3 Å². The first-order valence-corrected chi connectivity index (χ1v) is 8.98. The number of hydrogen-bond acceptors (Lipinski definition) is 5. The molecule has 6 nitrogen and oxygen atoms in total. The predicted octanol–water partition coefficient (Wildman–Crippen LogP) is 1.21. The van der Waals surface area contributed by atoms with E-state index in [9.17, 15) is 8.42 Å². The summed E-state index contributed by atoms with van der Waals surface area (Å²) in [5.74, 6) is 0.702. The summed E-state index contributed by atoms with van der Waals surface area (Å²) in [5, 5.41) is 3.26. The fraction of sp³-hybridized carbons (Fsp3) is 0.600. The van der Waals surface area contributed by atoms with Crippen LogP contribution in [0.25, 0.3) is 0 Å². The topological polar surface area (TPSA) is 61.9 Å². The Bertz CT molecular complexity index is 665. The highest BCUT2D eigenvalue weighted by molar-refractivity contribution is 7.89. The Balaban J connectivity index is 1.86. The summed E-state index contributed by atoms with van der Waals surface area (Å²) in [6, 6.07) is 5.06. The van der Waals surface area contributed by atoms with Crippen molar-refractivity contribution < 1.29 is 13.2 Å². The molecule has 0 saturated carbocycles. The number of fused-ring (bicyclic) bond motifs is 1. The van der Waals surface area contributed by atoms with Crippen molar-refractivity contribution >= 4 is 15.7 Å². The summed E-state index contributed by atoms with van der Waals surface area (Å²) in [6.07, 6.45) is 0. The van der Waals surface area contributed by atoms with E-state index in [0.29, 0.717) is 30.3 Å². The zero-order valence-electron chi connectivity index (χ0n) is 13.3. The summed E-state index contributed by atoms with van der Waals surface area (Å²) in [7, 11) is -1.43. The molecule has 0 unspecified atom stereocenters. The van der Waals surface area contributed by atoms with Crippen LogP contribution < -0.4 is 10.1 Å². The second-order valence-electron chi connectivity index (χ2n) is 6.58. The van der Waals surface area contributed by atoms with Gasteiger partial charge in [-0.2, -0.15) is 4.31 Å². The molecule has 0 amide bonds. The number of piperazine rings is 1. The van der Waals surface area contributed by atoms with Crippen LogP contribution in [0.15, 0.2) is 23.1 Å². The monoisotopic (exact) mass is 325 g/mol. The molecule has 0 aliphatic carbocycles. The molecule has 0 atom stereocenters. The summed E-state index contributed by atoms with van der Waals surface area (Å²) in [6.45, 7) is 7.24. The maximum absolute atomic E-state index is 12.7. The third-order valence-electron chi connectivity index (χ3n) is 4.14. The van der Waals surface area contributed by atoms with Gasteiger partial charge in [-0.1, -0.05) is 0 Å². The maximum atomic E-state index is 12.7. The predicted molar refractivity (Wildman–Crippen MR) is 85.9 cm³/mol. The fourth-order valence-electron chi connectivity index (χ4n) is 2.72. The molecule has 1 fully saturated rings. The molecule has 22 heavy (non-hydrogen) atoms. The fourth-order valence-corrected chi connectivity index (χ4v) is 4.17. The van der Waals surface area contributed by atoms with Crippen molar-refractivity contribution in [3.63, 3.8) is 0 Å². The van der Waals surface area contributed by atoms with Crippen LogP contribution in [-0.2, 0) is 10.0 Å². The highest BCUT2D eigenvalue weighted by Crippen LogP contribution is 2.35. The Kier molecular flexibility index (Phi) is 3.82. The second-order valence-corrected chi connectivity index (χ2v) is 8.52. The Morgan fingerprint density at radius 1 is 1.18 bits per heavy atom. The zero-order valence-corrected chi connectivity index (χ0v) is 14.1. The molecule has 0 bridgehead atoms. The molecule has 1 aromatic carbocycles. The zero-order chi connectivity index (χ0) is 16.0. The lowest BCUT2D eigenvalue weighted by molar-refractivity contribution is 0.116. The van der Waals surface area contributed by atoms with Gasteiger partial charge in [-0.05, 0) is 39.1 Å². The van der Waals surface area contributed by atoms with E-state index in [0.717, 1.165) is 18.8 Å². The SMILES string of the molecule is CN1CCN(S(=O)(=O)c2ccc3c(c2)NCC(C)(C)O3)CC1. The normalized spacial score (nSPS) is 22.5. The molecule has 1 saturated heterocycles. The number of ether oxygens (including phenoxy) is 1. The number of nitrogens with one attached hydrogen (secondary N) is 1. The van der Waals surface area contributed by atoms with E-state index >= 15 is 0 Å². The molecular formula is C15H23N3O3S. The Hall–Kier alpha value is -1.31. The molecule has 0 aromatic heterocycles. The minimum Gasteiger partial charge on any atom is -0.484 e. The van der Waals surface area contributed by atoms with Gasteiger partial charge < -0.3 is 15.0 Å². The van der Waals surface area contributed by atoms with Gasteiger partial charge in [0.15, 0.2) is 0 Å². The minimum atomic E-state index is -3.44. The van der Waals surface area contributed by atoms with E-state index in [4.69, 9.17) is 4.74 Å². The average molecular weight is 325 g/mol. The van der Waals surface area contributed by atoms with Crippen molar-refractivity contribution in [3.05, 3.63) is 18.2 Å². The lowest BCUT2D eigenvalue weighted by atomic mass is 10.1. The van der Waals surface area contributed by atoms with Crippen LogP contribution >= 0.6 is 0 Å². The number of rotatable bonds is 2. The molecule has 3 rings (SSSR count). The highest BCUT2D eigenvalue weighted by Gasteiger charge is 2.30. The van der Waals surface area contributed by atoms with Crippen LogP contribution in [0, 0.1) is 0 Å². The Labute approximate surface area is 132 Å². The standard InChI is InChI=1S/C15H23N3O3S/c1-15(2)11-16-13-10-12(4-5-14(13)21-15)22(19,20)18-8-6-17(3)7-9-18/h4-5,10,16H,6-9,11H2,1-3H3. The largest absolute Gasteiger partial charge is 0.484 e. The van der Waals surface area contributed by atoms with Gasteiger partial charge in [0.05, 0.1) is 17.1 Å². The summed E-state index contributed by atoms with van der Waals surface area (Å²) in [5.41, 5.74) is 0.458. The molecular weight excluding hydrogens is 302 g/mol. The van der Waals surface area contributed by atoms with Gasteiger partial charge in [-0.25, -0.2) is 8.42 Å². The van der Waals surface area contributed by atoms with Gasteiger partial charge in [-0.3, -0.25) is 0 Å². The third-order valence-corrected chi connectivity index (χ3v) is 6.04.